The lowest BCUT2D eigenvalue weighted by Gasteiger charge is -2.06. The Hall–Kier alpha value is -1.35. The van der Waals surface area contributed by atoms with Crippen LogP contribution in [0.5, 0.6) is 0 Å². The number of aliphatic hydroxyl groups is 1. The number of ether oxygens (including phenoxy) is 1. The molecule has 0 spiro atoms. The second-order valence-corrected chi connectivity index (χ2v) is 4.12. The highest BCUT2D eigenvalue weighted by atomic mass is 16.5. The summed E-state index contributed by atoms with van der Waals surface area (Å²) in [6.07, 6.45) is 1.50. The first-order valence-corrected chi connectivity index (χ1v) is 5.62. The minimum absolute atomic E-state index is 0.0381. The molecule has 0 radical (unpaired) electrons. The maximum atomic E-state index is 11.6. The molecule has 0 saturated carbocycles. The normalized spacial score (nSPS) is 18.2. The third-order valence-corrected chi connectivity index (χ3v) is 3.01. The molecule has 1 aromatic rings. The molecule has 0 aromatic heterocycles. The summed E-state index contributed by atoms with van der Waals surface area (Å²) in [7, 11) is 0. The van der Waals surface area contributed by atoms with Crippen LogP contribution < -0.4 is 0 Å². The van der Waals surface area contributed by atoms with Crippen LogP contribution in [0.2, 0.25) is 0 Å². The van der Waals surface area contributed by atoms with Crippen molar-refractivity contribution in [3.63, 3.8) is 0 Å². The molecule has 0 fully saturated rings. The van der Waals surface area contributed by atoms with E-state index in [1.165, 1.54) is 11.1 Å². The molecule has 1 aromatic carbocycles. The molecule has 3 heteroatoms. The molecule has 86 valence electrons. The topological polar surface area (TPSA) is 46.5 Å². The van der Waals surface area contributed by atoms with Crippen LogP contribution in [0.4, 0.5) is 0 Å². The van der Waals surface area contributed by atoms with E-state index in [1.807, 2.05) is 25.1 Å². The molecule has 1 N–H and O–H groups in total. The van der Waals surface area contributed by atoms with Gasteiger partial charge in [-0.2, -0.15) is 0 Å². The highest BCUT2D eigenvalue weighted by Crippen LogP contribution is 2.28. The smallest absolute Gasteiger partial charge is 0.309 e. The Labute approximate surface area is 95.0 Å². The molecule has 1 aliphatic rings. The van der Waals surface area contributed by atoms with Crippen LogP contribution in [0.25, 0.3) is 0 Å². The Bertz CT molecular complexity index is 398. The first-order chi connectivity index (χ1) is 7.74. The maximum Gasteiger partial charge on any atom is 0.309 e. The monoisotopic (exact) mass is 220 g/mol. The Morgan fingerprint density at radius 3 is 2.88 bits per heavy atom. The van der Waals surface area contributed by atoms with Crippen LogP contribution >= 0.6 is 0 Å². The Balaban J connectivity index is 2.11. The molecular weight excluding hydrogens is 204 g/mol. The zero-order valence-electron chi connectivity index (χ0n) is 9.40. The predicted octanol–water partition coefficient (Wildman–Crippen LogP) is 1.46. The van der Waals surface area contributed by atoms with Gasteiger partial charge in [0.1, 0.15) is 0 Å². The van der Waals surface area contributed by atoms with Crippen molar-refractivity contribution in [2.45, 2.75) is 26.4 Å². The van der Waals surface area contributed by atoms with E-state index in [0.29, 0.717) is 6.61 Å². The third-order valence-electron chi connectivity index (χ3n) is 3.01. The van der Waals surface area contributed by atoms with Crippen molar-refractivity contribution in [2.24, 2.45) is 5.92 Å². The van der Waals surface area contributed by atoms with Crippen LogP contribution in [0.15, 0.2) is 18.2 Å². The fourth-order valence-electron chi connectivity index (χ4n) is 2.20. The average Bonchev–Trinajstić information content (AvgIpc) is 2.71. The number of hydrogen-bond donors (Lipinski definition) is 1. The summed E-state index contributed by atoms with van der Waals surface area (Å²) in [5.41, 5.74) is 3.28. The van der Waals surface area contributed by atoms with E-state index in [0.717, 1.165) is 18.4 Å². The van der Waals surface area contributed by atoms with Crippen molar-refractivity contribution in [3.05, 3.63) is 34.9 Å². The fourth-order valence-corrected chi connectivity index (χ4v) is 2.20. The SMILES string of the molecule is CCOC(=O)[C@H]1Cc2ccc(CO)cc2C1. The third kappa shape index (κ3) is 2.09. The minimum atomic E-state index is -0.107. The highest BCUT2D eigenvalue weighted by molar-refractivity contribution is 5.74. The summed E-state index contributed by atoms with van der Waals surface area (Å²) in [6.45, 7) is 2.31. The minimum Gasteiger partial charge on any atom is -0.466 e. The summed E-state index contributed by atoms with van der Waals surface area (Å²) in [5, 5.41) is 9.04. The Morgan fingerprint density at radius 1 is 1.44 bits per heavy atom. The molecule has 0 bridgehead atoms. The maximum absolute atomic E-state index is 11.6. The van der Waals surface area contributed by atoms with Crippen LogP contribution in [-0.2, 0) is 29.0 Å². The quantitative estimate of drug-likeness (QED) is 0.784. The summed E-state index contributed by atoms with van der Waals surface area (Å²) in [6, 6.07) is 5.89. The molecule has 0 aliphatic heterocycles. The first kappa shape index (κ1) is 11.1. The van der Waals surface area contributed by atoms with E-state index in [4.69, 9.17) is 9.84 Å². The van der Waals surface area contributed by atoms with E-state index < -0.39 is 0 Å². The van der Waals surface area contributed by atoms with Gasteiger partial charge in [0, 0.05) is 0 Å². The predicted molar refractivity (Wildman–Crippen MR) is 59.9 cm³/mol. The number of rotatable bonds is 3. The Morgan fingerprint density at radius 2 is 2.19 bits per heavy atom. The fraction of sp³-hybridized carbons (Fsp3) is 0.462. The van der Waals surface area contributed by atoms with Gasteiger partial charge in [-0.3, -0.25) is 4.79 Å². The molecule has 0 amide bonds. The van der Waals surface area contributed by atoms with Crippen LogP contribution in [0, 0.1) is 5.92 Å². The summed E-state index contributed by atoms with van der Waals surface area (Å²) in [4.78, 5) is 11.6. The van der Waals surface area contributed by atoms with Gasteiger partial charge in [-0.25, -0.2) is 0 Å². The van der Waals surface area contributed by atoms with Gasteiger partial charge < -0.3 is 9.84 Å². The lowest BCUT2D eigenvalue weighted by atomic mass is 10.1. The largest absolute Gasteiger partial charge is 0.466 e. The van der Waals surface area contributed by atoms with Gasteiger partial charge >= 0.3 is 5.97 Å². The number of aliphatic hydroxyl groups excluding tert-OH is 1. The van der Waals surface area contributed by atoms with Gasteiger partial charge in [0.2, 0.25) is 0 Å². The van der Waals surface area contributed by atoms with Crippen molar-refractivity contribution < 1.29 is 14.6 Å². The molecule has 0 saturated heterocycles. The van der Waals surface area contributed by atoms with Gasteiger partial charge in [-0.1, -0.05) is 18.2 Å². The van der Waals surface area contributed by atoms with Crippen molar-refractivity contribution in [1.82, 2.24) is 0 Å². The van der Waals surface area contributed by atoms with E-state index in [-0.39, 0.29) is 18.5 Å². The van der Waals surface area contributed by atoms with Gasteiger partial charge in [-0.15, -0.1) is 0 Å². The zero-order chi connectivity index (χ0) is 11.5. The highest BCUT2D eigenvalue weighted by Gasteiger charge is 2.28. The number of benzene rings is 1. The van der Waals surface area contributed by atoms with Gasteiger partial charge in [0.25, 0.3) is 0 Å². The van der Waals surface area contributed by atoms with Crippen molar-refractivity contribution in [1.29, 1.82) is 0 Å². The van der Waals surface area contributed by atoms with E-state index in [2.05, 4.69) is 0 Å². The van der Waals surface area contributed by atoms with E-state index >= 15 is 0 Å². The number of carbonyl (C=O) groups is 1. The number of carbonyl (C=O) groups excluding carboxylic acids is 1. The molecular formula is C13H16O3. The van der Waals surface area contributed by atoms with E-state index in [1.54, 1.807) is 0 Å². The lowest BCUT2D eigenvalue weighted by Crippen LogP contribution is -2.17. The second-order valence-electron chi connectivity index (χ2n) is 4.12. The number of esters is 1. The van der Waals surface area contributed by atoms with E-state index in [9.17, 15) is 4.79 Å². The number of fused-ring (bicyclic) bond motifs is 1. The van der Waals surface area contributed by atoms with Gasteiger partial charge in [-0.05, 0) is 36.5 Å². The van der Waals surface area contributed by atoms with Gasteiger partial charge in [0.05, 0.1) is 19.1 Å². The van der Waals surface area contributed by atoms with Crippen LogP contribution in [0.3, 0.4) is 0 Å². The van der Waals surface area contributed by atoms with Crippen molar-refractivity contribution in [3.8, 4) is 0 Å². The molecule has 1 atom stereocenters. The zero-order valence-corrected chi connectivity index (χ0v) is 9.40. The summed E-state index contributed by atoms with van der Waals surface area (Å²) in [5.74, 6) is -0.145. The molecule has 2 rings (SSSR count). The van der Waals surface area contributed by atoms with Gasteiger partial charge in [0.15, 0.2) is 0 Å². The second kappa shape index (κ2) is 4.66. The summed E-state index contributed by atoms with van der Waals surface area (Å²) < 4.78 is 5.03. The summed E-state index contributed by atoms with van der Waals surface area (Å²) >= 11 is 0. The molecule has 1 aliphatic carbocycles. The molecule has 0 unspecified atom stereocenters. The van der Waals surface area contributed by atoms with Crippen LogP contribution in [0.1, 0.15) is 23.6 Å². The molecule has 16 heavy (non-hydrogen) atoms. The standard InChI is InChI=1S/C13H16O3/c1-2-16-13(15)12-6-10-4-3-9(8-14)5-11(10)7-12/h3-5,12,14H,2,6-8H2,1H3/t12-/m0/s1. The molecule has 3 nitrogen and oxygen atoms in total. The number of hydrogen-bond acceptors (Lipinski definition) is 3. The van der Waals surface area contributed by atoms with Crippen LogP contribution in [-0.4, -0.2) is 17.7 Å². The average molecular weight is 220 g/mol. The lowest BCUT2D eigenvalue weighted by molar-refractivity contribution is -0.147. The van der Waals surface area contributed by atoms with Crippen molar-refractivity contribution in [2.75, 3.05) is 6.61 Å². The molecule has 0 heterocycles. The Kier molecular flexibility index (Phi) is 3.25. The van der Waals surface area contributed by atoms with Crippen molar-refractivity contribution >= 4 is 5.97 Å². The first-order valence-electron chi connectivity index (χ1n) is 5.62.